The summed E-state index contributed by atoms with van der Waals surface area (Å²) in [6, 6.07) is 5.41. The van der Waals surface area contributed by atoms with E-state index in [0.29, 0.717) is 10.6 Å². The third kappa shape index (κ3) is 4.00. The lowest BCUT2D eigenvalue weighted by Crippen LogP contribution is -2.28. The van der Waals surface area contributed by atoms with E-state index >= 15 is 0 Å². The average molecular weight is 319 g/mol. The van der Waals surface area contributed by atoms with Gasteiger partial charge in [-0.2, -0.15) is 0 Å². The second-order valence-corrected chi connectivity index (χ2v) is 5.27. The van der Waals surface area contributed by atoms with Gasteiger partial charge >= 0.3 is 0 Å². The van der Waals surface area contributed by atoms with Crippen LogP contribution in [0.1, 0.15) is 36.5 Å². The zero-order chi connectivity index (χ0) is 12.8. The molecule has 0 aliphatic carbocycles. The average Bonchev–Trinajstić information content (AvgIpc) is 2.32. The van der Waals surface area contributed by atoms with Gasteiger partial charge in [0, 0.05) is 18.1 Å². The Hall–Kier alpha value is -0.540. The minimum Gasteiger partial charge on any atom is -0.342 e. The lowest BCUT2D eigenvalue weighted by Gasteiger charge is -2.18. The molecule has 0 aromatic heterocycles. The van der Waals surface area contributed by atoms with Gasteiger partial charge in [-0.3, -0.25) is 4.79 Å². The number of unbranched alkanes of at least 4 members (excludes halogenated alkanes) is 2. The molecular weight excluding hydrogens is 302 g/mol. The lowest BCUT2D eigenvalue weighted by molar-refractivity contribution is 0.0793. The van der Waals surface area contributed by atoms with Gasteiger partial charge in [-0.25, -0.2) is 0 Å². The first-order chi connectivity index (χ1) is 8.07. The molecule has 0 saturated heterocycles. The minimum absolute atomic E-state index is 0.0209. The van der Waals surface area contributed by atoms with Crippen molar-refractivity contribution in [2.75, 3.05) is 13.6 Å². The highest BCUT2D eigenvalue weighted by atomic mass is 79.9. The van der Waals surface area contributed by atoms with Gasteiger partial charge in [0.1, 0.15) is 0 Å². The molecule has 0 aliphatic rings. The van der Waals surface area contributed by atoms with E-state index in [1.54, 1.807) is 11.0 Å². The first-order valence-electron chi connectivity index (χ1n) is 5.77. The van der Waals surface area contributed by atoms with Crippen molar-refractivity contribution in [1.29, 1.82) is 0 Å². The van der Waals surface area contributed by atoms with Crippen molar-refractivity contribution in [3.8, 4) is 0 Å². The molecule has 0 radical (unpaired) electrons. The molecule has 94 valence electrons. The number of rotatable bonds is 5. The molecule has 0 spiro atoms. The second-order valence-electron chi connectivity index (χ2n) is 4.04. The summed E-state index contributed by atoms with van der Waals surface area (Å²) in [4.78, 5) is 13.9. The summed E-state index contributed by atoms with van der Waals surface area (Å²) in [5.41, 5.74) is 0.556. The van der Waals surface area contributed by atoms with E-state index in [9.17, 15) is 4.79 Å². The standard InChI is InChI=1S/C13H17BrClNO/c1-3-4-5-9-16(2)13(17)10-7-6-8-11(14)12(10)15/h6-8H,3-5,9H2,1-2H3. The largest absolute Gasteiger partial charge is 0.342 e. The molecule has 4 heteroatoms. The predicted octanol–water partition coefficient (Wildman–Crippen LogP) is 4.36. The summed E-state index contributed by atoms with van der Waals surface area (Å²) in [5, 5.41) is 0.486. The molecule has 0 unspecified atom stereocenters. The highest BCUT2D eigenvalue weighted by Crippen LogP contribution is 2.26. The third-order valence-corrected chi connectivity index (χ3v) is 3.92. The van der Waals surface area contributed by atoms with Crippen LogP contribution in [0.25, 0.3) is 0 Å². The Bertz CT molecular complexity index is 395. The topological polar surface area (TPSA) is 20.3 Å². The number of carbonyl (C=O) groups excluding carboxylic acids is 1. The molecule has 0 aliphatic heterocycles. The fourth-order valence-electron chi connectivity index (χ4n) is 1.58. The van der Waals surface area contributed by atoms with Crippen molar-refractivity contribution >= 4 is 33.4 Å². The molecule has 0 bridgehead atoms. The number of hydrogen-bond acceptors (Lipinski definition) is 1. The van der Waals surface area contributed by atoms with Crippen LogP contribution in [-0.2, 0) is 0 Å². The maximum atomic E-state index is 12.1. The van der Waals surface area contributed by atoms with Gasteiger partial charge in [-0.05, 0) is 34.5 Å². The fourth-order valence-corrected chi connectivity index (χ4v) is 2.15. The van der Waals surface area contributed by atoms with Crippen LogP contribution in [0, 0.1) is 0 Å². The molecule has 0 atom stereocenters. The molecule has 1 amide bonds. The molecule has 0 heterocycles. The van der Waals surface area contributed by atoms with Crippen molar-refractivity contribution in [3.05, 3.63) is 33.3 Å². The number of benzene rings is 1. The summed E-state index contributed by atoms with van der Waals surface area (Å²) < 4.78 is 0.756. The Morgan fingerprint density at radius 1 is 1.41 bits per heavy atom. The van der Waals surface area contributed by atoms with E-state index in [-0.39, 0.29) is 5.91 Å². The van der Waals surface area contributed by atoms with E-state index < -0.39 is 0 Å². The van der Waals surface area contributed by atoms with Crippen molar-refractivity contribution in [2.24, 2.45) is 0 Å². The highest BCUT2D eigenvalue weighted by molar-refractivity contribution is 9.10. The number of hydrogen-bond donors (Lipinski definition) is 0. The first kappa shape index (κ1) is 14.5. The van der Waals surface area contributed by atoms with Crippen molar-refractivity contribution < 1.29 is 4.79 Å². The Kier molecular flexibility index (Phi) is 6.00. The van der Waals surface area contributed by atoms with Crippen molar-refractivity contribution in [2.45, 2.75) is 26.2 Å². The summed E-state index contributed by atoms with van der Waals surface area (Å²) in [6.45, 7) is 2.92. The normalized spacial score (nSPS) is 10.4. The quantitative estimate of drug-likeness (QED) is 0.738. The van der Waals surface area contributed by atoms with Crippen molar-refractivity contribution in [1.82, 2.24) is 4.90 Å². The number of halogens is 2. The monoisotopic (exact) mass is 317 g/mol. The van der Waals surface area contributed by atoms with Gasteiger partial charge in [0.15, 0.2) is 0 Å². The van der Waals surface area contributed by atoms with E-state index in [0.717, 1.165) is 30.3 Å². The summed E-state index contributed by atoms with van der Waals surface area (Å²) >= 11 is 9.42. The lowest BCUT2D eigenvalue weighted by atomic mass is 10.2. The Labute approximate surface area is 116 Å². The van der Waals surface area contributed by atoms with E-state index in [1.165, 1.54) is 0 Å². The Balaban J connectivity index is 2.71. The Morgan fingerprint density at radius 3 is 2.76 bits per heavy atom. The summed E-state index contributed by atoms with van der Waals surface area (Å²) in [7, 11) is 1.81. The SMILES string of the molecule is CCCCCN(C)C(=O)c1cccc(Br)c1Cl. The molecule has 0 fully saturated rings. The molecular formula is C13H17BrClNO. The summed E-state index contributed by atoms with van der Waals surface area (Å²) in [5.74, 6) is -0.0209. The fraction of sp³-hybridized carbons (Fsp3) is 0.462. The molecule has 1 aromatic carbocycles. The zero-order valence-corrected chi connectivity index (χ0v) is 12.5. The third-order valence-electron chi connectivity index (χ3n) is 2.63. The van der Waals surface area contributed by atoms with E-state index in [1.807, 2.05) is 19.2 Å². The Morgan fingerprint density at radius 2 is 2.12 bits per heavy atom. The molecule has 17 heavy (non-hydrogen) atoms. The molecule has 0 saturated carbocycles. The van der Waals surface area contributed by atoms with Gasteiger partial charge in [-0.15, -0.1) is 0 Å². The van der Waals surface area contributed by atoms with Crippen LogP contribution < -0.4 is 0 Å². The van der Waals surface area contributed by atoms with Crippen LogP contribution in [0.4, 0.5) is 0 Å². The second kappa shape index (κ2) is 7.02. The van der Waals surface area contributed by atoms with Crippen LogP contribution in [0.3, 0.4) is 0 Å². The van der Waals surface area contributed by atoms with Gasteiger partial charge in [0.25, 0.3) is 5.91 Å². The van der Waals surface area contributed by atoms with Crippen LogP contribution >= 0.6 is 27.5 Å². The number of carbonyl (C=O) groups is 1. The van der Waals surface area contributed by atoms with Crippen LogP contribution in [0.5, 0.6) is 0 Å². The van der Waals surface area contributed by atoms with Crippen LogP contribution in [0.15, 0.2) is 22.7 Å². The molecule has 0 N–H and O–H groups in total. The number of nitrogens with zero attached hydrogens (tertiary/aromatic N) is 1. The van der Waals surface area contributed by atoms with Crippen LogP contribution in [0.2, 0.25) is 5.02 Å². The first-order valence-corrected chi connectivity index (χ1v) is 6.94. The number of amides is 1. The van der Waals surface area contributed by atoms with E-state index in [2.05, 4.69) is 22.9 Å². The predicted molar refractivity (Wildman–Crippen MR) is 75.6 cm³/mol. The zero-order valence-electron chi connectivity index (χ0n) is 10.2. The van der Waals surface area contributed by atoms with Crippen molar-refractivity contribution in [3.63, 3.8) is 0 Å². The summed E-state index contributed by atoms with van der Waals surface area (Å²) in [6.07, 6.45) is 3.33. The van der Waals surface area contributed by atoms with Gasteiger partial charge in [-0.1, -0.05) is 37.4 Å². The maximum Gasteiger partial charge on any atom is 0.255 e. The minimum atomic E-state index is -0.0209. The van der Waals surface area contributed by atoms with Gasteiger partial charge < -0.3 is 4.90 Å². The molecule has 1 aromatic rings. The van der Waals surface area contributed by atoms with E-state index in [4.69, 9.17) is 11.6 Å². The van der Waals surface area contributed by atoms with Gasteiger partial charge in [0.2, 0.25) is 0 Å². The maximum absolute atomic E-state index is 12.1. The highest BCUT2D eigenvalue weighted by Gasteiger charge is 2.15. The smallest absolute Gasteiger partial charge is 0.255 e. The van der Waals surface area contributed by atoms with Gasteiger partial charge in [0.05, 0.1) is 10.6 Å². The molecule has 2 nitrogen and oxygen atoms in total. The van der Waals surface area contributed by atoms with Crippen LogP contribution in [-0.4, -0.2) is 24.4 Å². The molecule has 1 rings (SSSR count).